The van der Waals surface area contributed by atoms with Gasteiger partial charge in [0.25, 0.3) is 5.91 Å². The van der Waals surface area contributed by atoms with Crippen molar-refractivity contribution >= 4 is 17.5 Å². The van der Waals surface area contributed by atoms with Crippen LogP contribution < -0.4 is 10.6 Å². The first-order valence-corrected chi connectivity index (χ1v) is 6.30. The number of hydrogen-bond acceptors (Lipinski definition) is 2. The molecule has 0 bridgehead atoms. The second-order valence-corrected chi connectivity index (χ2v) is 5.41. The van der Waals surface area contributed by atoms with Gasteiger partial charge in [0, 0.05) is 12.7 Å². The Labute approximate surface area is 106 Å². The molecule has 0 spiro atoms. The van der Waals surface area contributed by atoms with Gasteiger partial charge in [0.2, 0.25) is 0 Å². The summed E-state index contributed by atoms with van der Waals surface area (Å²) >= 11 is 5.76. The van der Waals surface area contributed by atoms with Crippen molar-refractivity contribution in [1.82, 2.24) is 15.6 Å². The Morgan fingerprint density at radius 2 is 2.24 bits per heavy atom. The molecule has 2 heterocycles. The first kappa shape index (κ1) is 12.5. The molecule has 1 aromatic rings. The van der Waals surface area contributed by atoms with E-state index in [-0.39, 0.29) is 11.3 Å². The minimum absolute atomic E-state index is 0.0864. The van der Waals surface area contributed by atoms with Crippen LogP contribution in [-0.4, -0.2) is 30.5 Å². The molecular weight excluding hydrogens is 238 g/mol. The Morgan fingerprint density at radius 1 is 1.53 bits per heavy atom. The monoisotopic (exact) mass is 255 g/mol. The van der Waals surface area contributed by atoms with E-state index in [0.717, 1.165) is 25.9 Å². The minimum Gasteiger partial charge on any atom is -0.356 e. The number of carbonyl (C=O) groups excluding carboxylic acids is 1. The first-order chi connectivity index (χ1) is 8.09. The van der Waals surface area contributed by atoms with Crippen LogP contribution in [0.5, 0.6) is 0 Å². The van der Waals surface area contributed by atoms with Crippen molar-refractivity contribution in [3.63, 3.8) is 0 Å². The highest BCUT2D eigenvalue weighted by atomic mass is 35.5. The van der Waals surface area contributed by atoms with Gasteiger partial charge in [-0.15, -0.1) is 0 Å². The molecule has 0 aromatic carbocycles. The number of aromatic amines is 1. The number of aromatic nitrogens is 1. The van der Waals surface area contributed by atoms with Crippen molar-refractivity contribution in [3.8, 4) is 0 Å². The molecule has 0 unspecified atom stereocenters. The molecule has 94 valence electrons. The molecule has 1 aliphatic heterocycles. The van der Waals surface area contributed by atoms with Crippen LogP contribution in [0.25, 0.3) is 0 Å². The summed E-state index contributed by atoms with van der Waals surface area (Å²) in [6.45, 7) is 4.99. The molecule has 4 nitrogen and oxygen atoms in total. The van der Waals surface area contributed by atoms with Crippen molar-refractivity contribution in [2.45, 2.75) is 19.8 Å². The SMILES string of the molecule is CC1(CNC(=O)c2cc(Cl)c[nH]2)CCNCC1. The third-order valence-electron chi connectivity index (χ3n) is 3.38. The molecule has 1 fully saturated rings. The molecule has 1 saturated heterocycles. The predicted octanol–water partition coefficient (Wildman–Crippen LogP) is 1.79. The van der Waals surface area contributed by atoms with Gasteiger partial charge in [0.05, 0.1) is 5.02 Å². The fourth-order valence-electron chi connectivity index (χ4n) is 2.10. The van der Waals surface area contributed by atoms with Crippen LogP contribution >= 0.6 is 11.6 Å². The van der Waals surface area contributed by atoms with Crippen LogP contribution in [0.3, 0.4) is 0 Å². The third kappa shape index (κ3) is 3.23. The lowest BCUT2D eigenvalue weighted by Gasteiger charge is -2.34. The fourth-order valence-corrected chi connectivity index (χ4v) is 2.26. The van der Waals surface area contributed by atoms with E-state index in [1.165, 1.54) is 0 Å². The Morgan fingerprint density at radius 3 is 2.82 bits per heavy atom. The normalized spacial score (nSPS) is 18.9. The molecular formula is C12H18ClN3O. The summed E-state index contributed by atoms with van der Waals surface area (Å²) in [5.41, 5.74) is 0.727. The topological polar surface area (TPSA) is 56.9 Å². The van der Waals surface area contributed by atoms with Gasteiger partial charge in [-0.2, -0.15) is 0 Å². The van der Waals surface area contributed by atoms with Gasteiger partial charge < -0.3 is 15.6 Å². The van der Waals surface area contributed by atoms with Crippen LogP contribution in [0, 0.1) is 5.41 Å². The Balaban J connectivity index is 1.87. The van der Waals surface area contributed by atoms with E-state index in [9.17, 15) is 4.79 Å². The zero-order valence-corrected chi connectivity index (χ0v) is 10.7. The van der Waals surface area contributed by atoms with Gasteiger partial charge in [-0.3, -0.25) is 4.79 Å². The number of H-pyrrole nitrogens is 1. The minimum atomic E-state index is -0.0864. The smallest absolute Gasteiger partial charge is 0.267 e. The maximum absolute atomic E-state index is 11.8. The standard InChI is InChI=1S/C12H18ClN3O/c1-12(2-4-14-5-3-12)8-16-11(17)10-6-9(13)7-15-10/h6-7,14-15H,2-5,8H2,1H3,(H,16,17). The van der Waals surface area contributed by atoms with Gasteiger partial charge >= 0.3 is 0 Å². The molecule has 1 aromatic heterocycles. The van der Waals surface area contributed by atoms with E-state index >= 15 is 0 Å². The predicted molar refractivity (Wildman–Crippen MR) is 68.3 cm³/mol. The van der Waals surface area contributed by atoms with E-state index in [1.54, 1.807) is 12.3 Å². The van der Waals surface area contributed by atoms with Gasteiger partial charge in [0.1, 0.15) is 5.69 Å². The van der Waals surface area contributed by atoms with Crippen molar-refractivity contribution in [2.75, 3.05) is 19.6 Å². The average molecular weight is 256 g/mol. The van der Waals surface area contributed by atoms with Gasteiger partial charge in [-0.25, -0.2) is 0 Å². The highest BCUT2D eigenvalue weighted by Crippen LogP contribution is 2.26. The number of amides is 1. The van der Waals surface area contributed by atoms with Crippen molar-refractivity contribution < 1.29 is 4.79 Å². The van der Waals surface area contributed by atoms with Crippen molar-refractivity contribution in [3.05, 3.63) is 23.0 Å². The molecule has 5 heteroatoms. The quantitative estimate of drug-likeness (QED) is 0.771. The zero-order chi connectivity index (χ0) is 12.3. The van der Waals surface area contributed by atoms with E-state index < -0.39 is 0 Å². The molecule has 0 saturated carbocycles. The molecule has 1 aliphatic rings. The maximum Gasteiger partial charge on any atom is 0.267 e. The molecule has 17 heavy (non-hydrogen) atoms. The van der Waals surface area contributed by atoms with E-state index in [0.29, 0.717) is 17.3 Å². The number of carbonyl (C=O) groups is 1. The van der Waals surface area contributed by atoms with Gasteiger partial charge in [0.15, 0.2) is 0 Å². The van der Waals surface area contributed by atoms with Gasteiger partial charge in [-0.1, -0.05) is 18.5 Å². The van der Waals surface area contributed by atoms with Crippen LogP contribution in [0.15, 0.2) is 12.3 Å². The molecule has 0 aliphatic carbocycles. The lowest BCUT2D eigenvalue weighted by atomic mass is 9.81. The van der Waals surface area contributed by atoms with Crippen LogP contribution in [0.4, 0.5) is 0 Å². The molecule has 2 rings (SSSR count). The summed E-state index contributed by atoms with van der Waals surface area (Å²) in [6.07, 6.45) is 3.81. The Hall–Kier alpha value is -1.00. The summed E-state index contributed by atoms with van der Waals surface area (Å²) in [6, 6.07) is 1.64. The first-order valence-electron chi connectivity index (χ1n) is 5.92. The zero-order valence-electron chi connectivity index (χ0n) is 9.98. The molecule has 0 radical (unpaired) electrons. The summed E-state index contributed by atoms with van der Waals surface area (Å²) in [7, 11) is 0. The van der Waals surface area contributed by atoms with E-state index in [2.05, 4.69) is 22.5 Å². The largest absolute Gasteiger partial charge is 0.356 e. The second-order valence-electron chi connectivity index (χ2n) is 4.97. The summed E-state index contributed by atoms with van der Waals surface area (Å²) in [5.74, 6) is -0.0864. The second kappa shape index (κ2) is 5.10. The number of piperidine rings is 1. The van der Waals surface area contributed by atoms with Crippen molar-refractivity contribution in [1.29, 1.82) is 0 Å². The number of hydrogen-bond donors (Lipinski definition) is 3. The Bertz CT molecular complexity index is 396. The lowest BCUT2D eigenvalue weighted by molar-refractivity contribution is 0.0918. The third-order valence-corrected chi connectivity index (χ3v) is 3.60. The highest BCUT2D eigenvalue weighted by molar-refractivity contribution is 6.30. The average Bonchev–Trinajstić information content (AvgIpc) is 2.74. The number of halogens is 1. The van der Waals surface area contributed by atoms with Crippen LogP contribution in [0.2, 0.25) is 5.02 Å². The molecule has 1 amide bonds. The number of rotatable bonds is 3. The Kier molecular flexibility index (Phi) is 3.74. The fraction of sp³-hybridized carbons (Fsp3) is 0.583. The van der Waals surface area contributed by atoms with E-state index in [1.807, 2.05) is 0 Å². The highest BCUT2D eigenvalue weighted by Gasteiger charge is 2.27. The summed E-state index contributed by atoms with van der Waals surface area (Å²) in [5, 5.41) is 6.85. The molecule has 0 atom stereocenters. The maximum atomic E-state index is 11.8. The van der Waals surface area contributed by atoms with Gasteiger partial charge in [-0.05, 0) is 37.4 Å². The van der Waals surface area contributed by atoms with Crippen LogP contribution in [-0.2, 0) is 0 Å². The summed E-state index contributed by atoms with van der Waals surface area (Å²) in [4.78, 5) is 14.7. The number of nitrogens with one attached hydrogen (secondary N) is 3. The van der Waals surface area contributed by atoms with Crippen molar-refractivity contribution in [2.24, 2.45) is 5.41 Å². The van der Waals surface area contributed by atoms with E-state index in [4.69, 9.17) is 11.6 Å². The molecule has 3 N–H and O–H groups in total. The summed E-state index contributed by atoms with van der Waals surface area (Å²) < 4.78 is 0. The van der Waals surface area contributed by atoms with Crippen LogP contribution in [0.1, 0.15) is 30.3 Å². The lowest BCUT2D eigenvalue weighted by Crippen LogP contribution is -2.42.